The number of nitrogens with zero attached hydrogens (tertiary/aromatic N) is 2. The van der Waals surface area contributed by atoms with Crippen LogP contribution in [0.5, 0.6) is 0 Å². The van der Waals surface area contributed by atoms with Gasteiger partial charge < -0.3 is 10.5 Å². The SMILES string of the molecule is CCCCOC(=O)/C=C/c1nc(C)c(F)cc1N.Cc1nc2c(cc1F)CC(=O)C=C2. The van der Waals surface area contributed by atoms with E-state index in [0.29, 0.717) is 29.3 Å². The van der Waals surface area contributed by atoms with E-state index in [-0.39, 0.29) is 29.4 Å². The van der Waals surface area contributed by atoms with Crippen LogP contribution in [0.2, 0.25) is 0 Å². The lowest BCUT2D eigenvalue weighted by Crippen LogP contribution is -2.08. The van der Waals surface area contributed by atoms with Crippen molar-refractivity contribution in [2.75, 3.05) is 12.3 Å². The summed E-state index contributed by atoms with van der Waals surface area (Å²) in [6.07, 6.45) is 7.83. The van der Waals surface area contributed by atoms with Crippen molar-refractivity contribution in [3.63, 3.8) is 0 Å². The third-order valence-electron chi connectivity index (χ3n) is 4.39. The van der Waals surface area contributed by atoms with Crippen molar-refractivity contribution in [3.8, 4) is 0 Å². The standard InChI is InChI=1S/C13H17FN2O2.C10H8FNO/c1-3-4-7-18-13(17)6-5-12-11(15)8-10(14)9(2)16-12;1-6-9(11)5-7-4-8(13)2-3-10(7)12-6/h5-6,8H,3-4,7,15H2,1-2H3;2-3,5H,4H2,1H3/b6-5+;. The normalized spacial score (nSPS) is 12.4. The fourth-order valence-corrected chi connectivity index (χ4v) is 2.60. The predicted octanol–water partition coefficient (Wildman–Crippen LogP) is 4.14. The van der Waals surface area contributed by atoms with E-state index in [1.165, 1.54) is 37.3 Å². The molecule has 0 aliphatic heterocycles. The van der Waals surface area contributed by atoms with Crippen LogP contribution in [-0.4, -0.2) is 28.3 Å². The summed E-state index contributed by atoms with van der Waals surface area (Å²) < 4.78 is 31.1. The molecule has 0 atom stereocenters. The molecule has 3 rings (SSSR count). The number of hydrogen-bond acceptors (Lipinski definition) is 6. The zero-order valence-electron chi connectivity index (χ0n) is 17.7. The molecule has 0 fully saturated rings. The van der Waals surface area contributed by atoms with E-state index >= 15 is 0 Å². The average Bonchev–Trinajstić information content (AvgIpc) is 2.71. The number of fused-ring (bicyclic) bond motifs is 1. The topological polar surface area (TPSA) is 95.2 Å². The van der Waals surface area contributed by atoms with E-state index in [2.05, 4.69) is 9.97 Å². The van der Waals surface area contributed by atoms with Gasteiger partial charge in [-0.25, -0.2) is 18.6 Å². The first-order chi connectivity index (χ1) is 14.7. The predicted molar refractivity (Wildman–Crippen MR) is 115 cm³/mol. The molecule has 0 saturated heterocycles. The molecule has 0 bridgehead atoms. The van der Waals surface area contributed by atoms with E-state index in [0.717, 1.165) is 12.8 Å². The van der Waals surface area contributed by atoms with Gasteiger partial charge in [-0.15, -0.1) is 0 Å². The van der Waals surface area contributed by atoms with E-state index in [4.69, 9.17) is 10.5 Å². The van der Waals surface area contributed by atoms with Crippen LogP contribution in [0.3, 0.4) is 0 Å². The number of carbonyl (C=O) groups is 2. The number of carbonyl (C=O) groups excluding carboxylic acids is 2. The highest BCUT2D eigenvalue weighted by Crippen LogP contribution is 2.18. The second-order valence-corrected chi connectivity index (χ2v) is 6.96. The van der Waals surface area contributed by atoms with Gasteiger partial charge in [-0.2, -0.15) is 0 Å². The van der Waals surface area contributed by atoms with Crippen molar-refractivity contribution >= 4 is 29.6 Å². The number of esters is 1. The molecule has 164 valence electrons. The molecule has 2 heterocycles. The molecule has 6 nitrogen and oxygen atoms in total. The highest BCUT2D eigenvalue weighted by molar-refractivity contribution is 5.97. The Balaban J connectivity index is 0.000000231. The van der Waals surface area contributed by atoms with Crippen LogP contribution in [0.4, 0.5) is 14.5 Å². The second-order valence-electron chi connectivity index (χ2n) is 6.96. The Morgan fingerprint density at radius 3 is 2.55 bits per heavy atom. The Kier molecular flexibility index (Phi) is 8.54. The number of nitrogens with two attached hydrogens (primary N) is 1. The van der Waals surface area contributed by atoms with Gasteiger partial charge in [0.25, 0.3) is 0 Å². The number of pyridine rings is 2. The molecule has 0 spiro atoms. The van der Waals surface area contributed by atoms with Crippen molar-refractivity contribution in [1.29, 1.82) is 0 Å². The number of nitrogen functional groups attached to an aromatic ring is 1. The first-order valence-corrected chi connectivity index (χ1v) is 9.85. The largest absolute Gasteiger partial charge is 0.463 e. The summed E-state index contributed by atoms with van der Waals surface area (Å²) in [6.45, 7) is 5.55. The summed E-state index contributed by atoms with van der Waals surface area (Å²) in [5.74, 6) is -1.26. The van der Waals surface area contributed by atoms with E-state index < -0.39 is 11.8 Å². The molecule has 2 aromatic rings. The van der Waals surface area contributed by atoms with Crippen molar-refractivity contribution in [2.45, 2.75) is 40.0 Å². The number of anilines is 1. The average molecular weight is 429 g/mol. The monoisotopic (exact) mass is 429 g/mol. The number of ketones is 1. The number of unbranched alkanes of at least 4 members (excludes halogenated alkanes) is 1. The number of halogens is 2. The van der Waals surface area contributed by atoms with Crippen LogP contribution in [0, 0.1) is 25.5 Å². The Hall–Kier alpha value is -3.42. The maximum atomic E-state index is 13.1. The van der Waals surface area contributed by atoms with Gasteiger partial charge in [-0.1, -0.05) is 13.3 Å². The summed E-state index contributed by atoms with van der Waals surface area (Å²) in [5.41, 5.74) is 8.14. The quantitative estimate of drug-likeness (QED) is 0.436. The molecule has 31 heavy (non-hydrogen) atoms. The maximum Gasteiger partial charge on any atom is 0.330 e. The number of hydrogen-bond donors (Lipinski definition) is 1. The summed E-state index contributed by atoms with van der Waals surface area (Å²) in [6, 6.07) is 2.57. The number of rotatable bonds is 5. The van der Waals surface area contributed by atoms with Gasteiger partial charge in [0, 0.05) is 18.6 Å². The zero-order valence-corrected chi connectivity index (χ0v) is 17.7. The van der Waals surface area contributed by atoms with Gasteiger partial charge >= 0.3 is 5.97 Å². The Bertz CT molecular complexity index is 1030. The van der Waals surface area contributed by atoms with Crippen molar-refractivity contribution in [1.82, 2.24) is 9.97 Å². The lowest BCUT2D eigenvalue weighted by atomic mass is 10.0. The van der Waals surface area contributed by atoms with Crippen LogP contribution in [0.15, 0.2) is 24.3 Å². The number of ether oxygens (including phenoxy) is 1. The van der Waals surface area contributed by atoms with E-state index in [1.54, 1.807) is 13.0 Å². The lowest BCUT2D eigenvalue weighted by Gasteiger charge is -2.09. The smallest absolute Gasteiger partial charge is 0.330 e. The van der Waals surface area contributed by atoms with Crippen LogP contribution in [0.25, 0.3) is 12.2 Å². The van der Waals surface area contributed by atoms with Crippen LogP contribution in [-0.2, 0) is 20.7 Å². The van der Waals surface area contributed by atoms with Gasteiger partial charge in [0.05, 0.1) is 35.1 Å². The third kappa shape index (κ3) is 7.09. The van der Waals surface area contributed by atoms with Gasteiger partial charge in [-0.05, 0) is 50.1 Å². The van der Waals surface area contributed by atoms with Crippen LogP contribution in [0.1, 0.15) is 48.1 Å². The van der Waals surface area contributed by atoms with Crippen LogP contribution >= 0.6 is 0 Å². The molecule has 0 amide bonds. The van der Waals surface area contributed by atoms with Crippen molar-refractivity contribution in [2.24, 2.45) is 0 Å². The zero-order chi connectivity index (χ0) is 23.0. The maximum absolute atomic E-state index is 13.1. The molecule has 1 aliphatic carbocycles. The fourth-order valence-electron chi connectivity index (χ4n) is 2.60. The third-order valence-corrected chi connectivity index (χ3v) is 4.39. The summed E-state index contributed by atoms with van der Waals surface area (Å²) >= 11 is 0. The molecule has 2 aromatic heterocycles. The molecule has 0 aromatic carbocycles. The van der Waals surface area contributed by atoms with E-state index in [1.807, 2.05) is 6.92 Å². The summed E-state index contributed by atoms with van der Waals surface area (Å²) in [7, 11) is 0. The number of aromatic nitrogens is 2. The van der Waals surface area contributed by atoms with Gasteiger partial charge in [0.2, 0.25) is 0 Å². The van der Waals surface area contributed by atoms with Crippen molar-refractivity contribution in [3.05, 3.63) is 64.3 Å². The Morgan fingerprint density at radius 1 is 1.16 bits per heavy atom. The van der Waals surface area contributed by atoms with E-state index in [9.17, 15) is 18.4 Å². The fraction of sp³-hybridized carbons (Fsp3) is 0.304. The number of aryl methyl sites for hydroxylation is 2. The van der Waals surface area contributed by atoms with Gasteiger partial charge in [0.1, 0.15) is 11.6 Å². The molecular formula is C23H25F2N3O3. The number of allylic oxidation sites excluding steroid dienone is 1. The highest BCUT2D eigenvalue weighted by Gasteiger charge is 2.13. The molecule has 0 unspecified atom stereocenters. The minimum atomic E-state index is -0.463. The lowest BCUT2D eigenvalue weighted by molar-refractivity contribution is -0.137. The van der Waals surface area contributed by atoms with Gasteiger partial charge in [-0.3, -0.25) is 9.78 Å². The molecule has 1 aliphatic rings. The molecular weight excluding hydrogens is 404 g/mol. The van der Waals surface area contributed by atoms with Crippen molar-refractivity contribution < 1.29 is 23.1 Å². The molecule has 2 N–H and O–H groups in total. The molecule has 0 saturated carbocycles. The van der Waals surface area contributed by atoms with Gasteiger partial charge in [0.15, 0.2) is 5.78 Å². The first kappa shape index (κ1) is 23.9. The Morgan fingerprint density at radius 2 is 1.84 bits per heavy atom. The highest BCUT2D eigenvalue weighted by atomic mass is 19.1. The minimum Gasteiger partial charge on any atom is -0.463 e. The molecule has 8 heteroatoms. The van der Waals surface area contributed by atoms with Crippen LogP contribution < -0.4 is 5.73 Å². The summed E-state index contributed by atoms with van der Waals surface area (Å²) in [5, 5.41) is 0. The first-order valence-electron chi connectivity index (χ1n) is 9.85. The summed E-state index contributed by atoms with van der Waals surface area (Å²) in [4.78, 5) is 30.3. The Labute approximate surface area is 179 Å². The minimum absolute atomic E-state index is 0.00227. The second kappa shape index (κ2) is 11.1. The molecule has 0 radical (unpaired) electrons.